The van der Waals surface area contributed by atoms with Gasteiger partial charge in [-0.15, -0.1) is 0 Å². The van der Waals surface area contributed by atoms with Crippen LogP contribution in [0.2, 0.25) is 0 Å². The first-order chi connectivity index (χ1) is 11.0. The summed E-state index contributed by atoms with van der Waals surface area (Å²) < 4.78 is 0. The lowest BCUT2D eigenvalue weighted by atomic mass is 10.0. The highest BCUT2D eigenvalue weighted by atomic mass is 16.3. The van der Waals surface area contributed by atoms with E-state index >= 15 is 0 Å². The summed E-state index contributed by atoms with van der Waals surface area (Å²) in [4.78, 5) is 13.4. The number of benzene rings is 2. The maximum Gasteiger partial charge on any atom is 0.317 e. The number of aliphatic hydroxyl groups excluding tert-OH is 1. The average molecular weight is 312 g/mol. The van der Waals surface area contributed by atoms with Crippen molar-refractivity contribution in [2.75, 3.05) is 13.6 Å². The predicted octanol–water partition coefficient (Wildman–Crippen LogP) is 3.18. The maximum absolute atomic E-state index is 12.0. The van der Waals surface area contributed by atoms with Crippen molar-refractivity contribution < 1.29 is 9.90 Å². The van der Waals surface area contributed by atoms with E-state index in [-0.39, 0.29) is 6.03 Å². The number of urea groups is 1. The SMILES string of the molecule is Cc1cccc(-c2cccc(CNC(=O)N(C)CC(C)O)c2)c1. The summed E-state index contributed by atoms with van der Waals surface area (Å²) in [5, 5.41) is 12.2. The average Bonchev–Trinajstić information content (AvgIpc) is 2.52. The van der Waals surface area contributed by atoms with E-state index in [1.807, 2.05) is 18.2 Å². The van der Waals surface area contributed by atoms with Crippen LogP contribution in [-0.4, -0.2) is 35.7 Å². The largest absolute Gasteiger partial charge is 0.392 e. The molecule has 0 saturated heterocycles. The number of hydrogen-bond donors (Lipinski definition) is 2. The summed E-state index contributed by atoms with van der Waals surface area (Å²) in [6.45, 7) is 4.51. The van der Waals surface area contributed by atoms with Crippen molar-refractivity contribution in [2.45, 2.75) is 26.5 Å². The van der Waals surface area contributed by atoms with Gasteiger partial charge in [0.25, 0.3) is 0 Å². The van der Waals surface area contributed by atoms with Crippen molar-refractivity contribution >= 4 is 6.03 Å². The fourth-order valence-corrected chi connectivity index (χ4v) is 2.48. The smallest absolute Gasteiger partial charge is 0.317 e. The first-order valence-corrected chi connectivity index (χ1v) is 7.78. The second kappa shape index (κ2) is 7.79. The first kappa shape index (κ1) is 17.0. The second-order valence-corrected chi connectivity index (χ2v) is 5.96. The third-order valence-electron chi connectivity index (χ3n) is 3.61. The van der Waals surface area contributed by atoms with Gasteiger partial charge in [0, 0.05) is 20.1 Å². The van der Waals surface area contributed by atoms with Gasteiger partial charge in [-0.2, -0.15) is 0 Å². The van der Waals surface area contributed by atoms with Crippen molar-refractivity contribution in [3.05, 3.63) is 59.7 Å². The predicted molar refractivity (Wildman–Crippen MR) is 93.2 cm³/mol. The van der Waals surface area contributed by atoms with E-state index in [4.69, 9.17) is 0 Å². The van der Waals surface area contributed by atoms with E-state index < -0.39 is 6.10 Å². The van der Waals surface area contributed by atoms with E-state index in [0.29, 0.717) is 13.1 Å². The van der Waals surface area contributed by atoms with E-state index in [1.165, 1.54) is 16.0 Å². The van der Waals surface area contributed by atoms with E-state index in [0.717, 1.165) is 11.1 Å². The molecule has 0 radical (unpaired) electrons. The molecule has 0 bridgehead atoms. The highest BCUT2D eigenvalue weighted by molar-refractivity contribution is 5.74. The molecule has 0 aliphatic heterocycles. The van der Waals surface area contributed by atoms with Crippen molar-refractivity contribution in [2.24, 2.45) is 0 Å². The number of amides is 2. The lowest BCUT2D eigenvalue weighted by Gasteiger charge is -2.19. The summed E-state index contributed by atoms with van der Waals surface area (Å²) >= 11 is 0. The molecule has 0 heterocycles. The number of likely N-dealkylation sites (N-methyl/N-ethyl adjacent to an activating group) is 1. The normalized spacial score (nSPS) is 11.8. The molecule has 122 valence electrons. The van der Waals surface area contributed by atoms with Gasteiger partial charge in [0.1, 0.15) is 0 Å². The van der Waals surface area contributed by atoms with Crippen LogP contribution in [0.5, 0.6) is 0 Å². The number of aliphatic hydroxyl groups is 1. The quantitative estimate of drug-likeness (QED) is 0.891. The van der Waals surface area contributed by atoms with Crippen LogP contribution in [-0.2, 0) is 6.54 Å². The molecular formula is C19H24N2O2. The van der Waals surface area contributed by atoms with Crippen molar-refractivity contribution in [1.29, 1.82) is 0 Å². The number of carbonyl (C=O) groups excluding carboxylic acids is 1. The van der Waals surface area contributed by atoms with Gasteiger partial charge in [-0.1, -0.05) is 48.0 Å². The van der Waals surface area contributed by atoms with E-state index in [2.05, 4.69) is 42.6 Å². The lowest BCUT2D eigenvalue weighted by molar-refractivity contribution is 0.143. The minimum Gasteiger partial charge on any atom is -0.392 e. The Morgan fingerprint density at radius 1 is 1.17 bits per heavy atom. The fraction of sp³-hybridized carbons (Fsp3) is 0.316. The fourth-order valence-electron chi connectivity index (χ4n) is 2.48. The van der Waals surface area contributed by atoms with Gasteiger partial charge < -0.3 is 15.3 Å². The van der Waals surface area contributed by atoms with Crippen LogP contribution in [0.25, 0.3) is 11.1 Å². The van der Waals surface area contributed by atoms with Crippen LogP contribution in [0.3, 0.4) is 0 Å². The molecule has 0 saturated carbocycles. The summed E-state index contributed by atoms with van der Waals surface area (Å²) in [7, 11) is 1.67. The molecule has 0 aliphatic rings. The molecular weight excluding hydrogens is 288 g/mol. The number of nitrogens with one attached hydrogen (secondary N) is 1. The number of nitrogens with zero attached hydrogens (tertiary/aromatic N) is 1. The van der Waals surface area contributed by atoms with Gasteiger partial charge in [-0.3, -0.25) is 0 Å². The molecule has 2 aromatic rings. The molecule has 4 nitrogen and oxygen atoms in total. The van der Waals surface area contributed by atoms with Crippen LogP contribution in [0.1, 0.15) is 18.1 Å². The summed E-state index contributed by atoms with van der Waals surface area (Å²) in [5.74, 6) is 0. The molecule has 2 rings (SSSR count). The van der Waals surface area contributed by atoms with Crippen LogP contribution in [0.15, 0.2) is 48.5 Å². The Morgan fingerprint density at radius 2 is 1.83 bits per heavy atom. The van der Waals surface area contributed by atoms with Crippen LogP contribution >= 0.6 is 0 Å². The van der Waals surface area contributed by atoms with Crippen LogP contribution < -0.4 is 5.32 Å². The number of rotatable bonds is 5. The Balaban J connectivity index is 2.02. The summed E-state index contributed by atoms with van der Waals surface area (Å²) in [6.07, 6.45) is -0.532. The molecule has 2 aromatic carbocycles. The minimum absolute atomic E-state index is 0.188. The molecule has 2 amide bonds. The molecule has 0 spiro atoms. The van der Waals surface area contributed by atoms with Gasteiger partial charge in [0.2, 0.25) is 0 Å². The Bertz CT molecular complexity index is 668. The van der Waals surface area contributed by atoms with Crippen molar-refractivity contribution in [3.8, 4) is 11.1 Å². The Hall–Kier alpha value is -2.33. The third kappa shape index (κ3) is 5.11. The lowest BCUT2D eigenvalue weighted by Crippen LogP contribution is -2.40. The number of carbonyl (C=O) groups is 1. The molecule has 0 aromatic heterocycles. The maximum atomic E-state index is 12.0. The molecule has 1 atom stereocenters. The van der Waals surface area contributed by atoms with Crippen LogP contribution in [0, 0.1) is 6.92 Å². The standard InChI is InChI=1S/C19H24N2O2/c1-14-6-4-8-17(10-14)18-9-5-7-16(11-18)12-20-19(23)21(3)13-15(2)22/h4-11,15,22H,12-13H2,1-3H3,(H,20,23). The number of hydrogen-bond acceptors (Lipinski definition) is 2. The van der Waals surface area contributed by atoms with Gasteiger partial charge in [-0.25, -0.2) is 4.79 Å². The molecule has 1 unspecified atom stereocenters. The van der Waals surface area contributed by atoms with Crippen LogP contribution in [0.4, 0.5) is 4.79 Å². The van der Waals surface area contributed by atoms with Gasteiger partial charge in [-0.05, 0) is 36.6 Å². The summed E-state index contributed by atoms with van der Waals surface area (Å²) in [6, 6.07) is 16.3. The van der Waals surface area contributed by atoms with Crippen molar-refractivity contribution in [1.82, 2.24) is 10.2 Å². The second-order valence-electron chi connectivity index (χ2n) is 5.96. The Labute approximate surface area is 137 Å². The zero-order valence-electron chi connectivity index (χ0n) is 13.9. The highest BCUT2D eigenvalue weighted by Gasteiger charge is 2.10. The Morgan fingerprint density at radius 3 is 2.48 bits per heavy atom. The zero-order valence-corrected chi connectivity index (χ0v) is 13.9. The van der Waals surface area contributed by atoms with Gasteiger partial charge in [0.15, 0.2) is 0 Å². The third-order valence-corrected chi connectivity index (χ3v) is 3.61. The number of aryl methyl sites for hydroxylation is 1. The molecule has 0 fully saturated rings. The highest BCUT2D eigenvalue weighted by Crippen LogP contribution is 2.21. The zero-order chi connectivity index (χ0) is 16.8. The molecule has 23 heavy (non-hydrogen) atoms. The molecule has 4 heteroatoms. The summed E-state index contributed by atoms with van der Waals surface area (Å²) in [5.41, 5.74) is 4.57. The molecule has 0 aliphatic carbocycles. The van der Waals surface area contributed by atoms with Gasteiger partial charge >= 0.3 is 6.03 Å². The Kier molecular flexibility index (Phi) is 5.77. The topological polar surface area (TPSA) is 52.6 Å². The first-order valence-electron chi connectivity index (χ1n) is 7.78. The van der Waals surface area contributed by atoms with Gasteiger partial charge in [0.05, 0.1) is 6.10 Å². The molecule has 2 N–H and O–H groups in total. The van der Waals surface area contributed by atoms with E-state index in [9.17, 15) is 9.90 Å². The monoisotopic (exact) mass is 312 g/mol. The van der Waals surface area contributed by atoms with E-state index in [1.54, 1.807) is 14.0 Å². The van der Waals surface area contributed by atoms with Crippen molar-refractivity contribution in [3.63, 3.8) is 0 Å². The minimum atomic E-state index is -0.532.